The first kappa shape index (κ1) is 26.6. The number of anilines is 1. The summed E-state index contributed by atoms with van der Waals surface area (Å²) in [6, 6.07) is 11.4. The van der Waals surface area contributed by atoms with Crippen LogP contribution in [-0.2, 0) is 14.8 Å². The fourth-order valence-corrected chi connectivity index (χ4v) is 5.17. The Balaban J connectivity index is 1.62. The van der Waals surface area contributed by atoms with E-state index in [0.29, 0.717) is 55.8 Å². The summed E-state index contributed by atoms with van der Waals surface area (Å²) in [5.74, 6) is 0.548. The van der Waals surface area contributed by atoms with Crippen LogP contribution >= 0.6 is 28.1 Å². The van der Waals surface area contributed by atoms with E-state index < -0.39 is 15.9 Å². The summed E-state index contributed by atoms with van der Waals surface area (Å²) in [6.45, 7) is 6.14. The predicted octanol–water partition coefficient (Wildman–Crippen LogP) is 4.02. The number of carbonyl (C=O) groups is 1. The van der Waals surface area contributed by atoms with Crippen LogP contribution in [0.25, 0.3) is 0 Å². The SMILES string of the molecule is CC(C)CCOc1ccc(Br)cc1C(=O)NC(=S)Nc1ccc(S(=O)(=O)N2CCOCC2)cc1. The molecule has 3 rings (SSSR count). The van der Waals surface area contributed by atoms with E-state index in [1.54, 1.807) is 24.3 Å². The first-order chi connectivity index (χ1) is 16.2. The topological polar surface area (TPSA) is 97.0 Å². The number of nitrogens with zero attached hydrogens (tertiary/aromatic N) is 1. The zero-order chi connectivity index (χ0) is 24.7. The summed E-state index contributed by atoms with van der Waals surface area (Å²) in [5.41, 5.74) is 0.906. The molecule has 1 fully saturated rings. The zero-order valence-corrected chi connectivity index (χ0v) is 22.3. The van der Waals surface area contributed by atoms with Gasteiger partial charge in [-0.3, -0.25) is 10.1 Å². The van der Waals surface area contributed by atoms with Gasteiger partial charge in [0, 0.05) is 23.2 Å². The number of amides is 1. The monoisotopic (exact) mass is 569 g/mol. The molecule has 0 aliphatic carbocycles. The lowest BCUT2D eigenvalue weighted by atomic mass is 10.1. The molecule has 0 spiro atoms. The molecule has 2 aromatic rings. The van der Waals surface area contributed by atoms with Crippen molar-refractivity contribution >= 4 is 54.9 Å². The fourth-order valence-electron chi connectivity index (χ4n) is 3.19. The van der Waals surface area contributed by atoms with Gasteiger partial charge in [-0.2, -0.15) is 4.31 Å². The van der Waals surface area contributed by atoms with Gasteiger partial charge < -0.3 is 14.8 Å². The average molecular weight is 571 g/mol. The van der Waals surface area contributed by atoms with Crippen molar-refractivity contribution in [2.24, 2.45) is 5.92 Å². The van der Waals surface area contributed by atoms with Crippen molar-refractivity contribution in [3.63, 3.8) is 0 Å². The van der Waals surface area contributed by atoms with Gasteiger partial charge in [-0.05, 0) is 67.0 Å². The lowest BCUT2D eigenvalue weighted by Gasteiger charge is -2.26. The van der Waals surface area contributed by atoms with Crippen molar-refractivity contribution < 1.29 is 22.7 Å². The minimum atomic E-state index is -3.58. The molecule has 1 aliphatic heterocycles. The number of carbonyl (C=O) groups excluding carboxylic acids is 1. The molecule has 8 nitrogen and oxygen atoms in total. The van der Waals surface area contributed by atoms with Crippen LogP contribution in [0.3, 0.4) is 0 Å². The van der Waals surface area contributed by atoms with Gasteiger partial charge in [0.1, 0.15) is 5.75 Å². The summed E-state index contributed by atoms with van der Waals surface area (Å²) in [7, 11) is -3.58. The first-order valence-corrected chi connectivity index (χ1v) is 13.5. The van der Waals surface area contributed by atoms with Crippen molar-refractivity contribution in [2.45, 2.75) is 25.2 Å². The molecule has 0 radical (unpaired) electrons. The van der Waals surface area contributed by atoms with Crippen molar-refractivity contribution in [3.05, 3.63) is 52.5 Å². The maximum Gasteiger partial charge on any atom is 0.261 e. The Bertz CT molecular complexity index is 1120. The van der Waals surface area contributed by atoms with E-state index >= 15 is 0 Å². The molecule has 34 heavy (non-hydrogen) atoms. The number of benzene rings is 2. The normalized spacial score (nSPS) is 14.6. The Morgan fingerprint density at radius 2 is 1.85 bits per heavy atom. The second kappa shape index (κ2) is 12.1. The third kappa shape index (κ3) is 7.22. The van der Waals surface area contributed by atoms with E-state index in [-0.39, 0.29) is 10.0 Å². The van der Waals surface area contributed by atoms with E-state index in [1.807, 2.05) is 6.07 Å². The van der Waals surface area contributed by atoms with Crippen molar-refractivity contribution in [1.29, 1.82) is 0 Å². The highest BCUT2D eigenvalue weighted by Gasteiger charge is 2.26. The third-order valence-corrected chi connectivity index (χ3v) is 7.70. The molecule has 0 bridgehead atoms. The van der Waals surface area contributed by atoms with Crippen LogP contribution in [0.4, 0.5) is 5.69 Å². The van der Waals surface area contributed by atoms with E-state index in [4.69, 9.17) is 21.7 Å². The molecule has 11 heteroatoms. The second-order valence-electron chi connectivity index (χ2n) is 8.12. The first-order valence-electron chi connectivity index (χ1n) is 10.9. The Kier molecular flexibility index (Phi) is 9.43. The summed E-state index contributed by atoms with van der Waals surface area (Å²) in [4.78, 5) is 13.0. The third-order valence-electron chi connectivity index (χ3n) is 5.09. The number of ether oxygens (including phenoxy) is 2. The average Bonchev–Trinajstić information content (AvgIpc) is 2.80. The molecule has 0 saturated carbocycles. The molecule has 0 unspecified atom stereocenters. The summed E-state index contributed by atoms with van der Waals surface area (Å²) in [5, 5.41) is 5.64. The van der Waals surface area contributed by atoms with Crippen molar-refractivity contribution in [1.82, 2.24) is 9.62 Å². The molecule has 1 saturated heterocycles. The van der Waals surface area contributed by atoms with Gasteiger partial charge in [-0.15, -0.1) is 0 Å². The number of hydrogen-bond donors (Lipinski definition) is 2. The van der Waals surface area contributed by atoms with Crippen LogP contribution in [0.15, 0.2) is 51.8 Å². The van der Waals surface area contributed by atoms with Crippen LogP contribution in [0.1, 0.15) is 30.6 Å². The number of nitrogens with one attached hydrogen (secondary N) is 2. The largest absolute Gasteiger partial charge is 0.493 e. The van der Waals surface area contributed by atoms with Gasteiger partial charge in [-0.1, -0.05) is 29.8 Å². The smallest absolute Gasteiger partial charge is 0.261 e. The van der Waals surface area contributed by atoms with E-state index in [0.717, 1.165) is 10.9 Å². The highest BCUT2D eigenvalue weighted by atomic mass is 79.9. The Hall–Kier alpha value is -2.05. The maximum atomic E-state index is 12.8. The van der Waals surface area contributed by atoms with Gasteiger partial charge in [0.05, 0.1) is 30.3 Å². The summed E-state index contributed by atoms with van der Waals surface area (Å²) >= 11 is 8.67. The predicted molar refractivity (Wildman–Crippen MR) is 139 cm³/mol. The standard InChI is InChI=1S/C23H28BrN3O5S2/c1-16(2)9-12-32-21-8-3-17(24)15-20(21)22(28)26-23(33)25-18-4-6-19(7-5-18)34(29,30)27-10-13-31-14-11-27/h3-8,15-16H,9-14H2,1-2H3,(H2,25,26,28,33). The Morgan fingerprint density at radius 1 is 1.18 bits per heavy atom. The van der Waals surface area contributed by atoms with E-state index in [2.05, 4.69) is 40.4 Å². The van der Waals surface area contributed by atoms with E-state index in [9.17, 15) is 13.2 Å². The summed E-state index contributed by atoms with van der Waals surface area (Å²) < 4.78 is 38.7. The van der Waals surface area contributed by atoms with Crippen LogP contribution in [0, 0.1) is 5.92 Å². The second-order valence-corrected chi connectivity index (χ2v) is 11.4. The zero-order valence-electron chi connectivity index (χ0n) is 19.0. The molecule has 1 amide bonds. The fraction of sp³-hybridized carbons (Fsp3) is 0.391. The Labute approximate surface area is 214 Å². The number of morpholine rings is 1. The molecule has 1 heterocycles. The number of hydrogen-bond acceptors (Lipinski definition) is 6. The molecule has 0 atom stereocenters. The molecule has 0 aromatic heterocycles. The Morgan fingerprint density at radius 3 is 2.50 bits per heavy atom. The molecule has 2 aromatic carbocycles. The number of rotatable bonds is 8. The number of halogens is 1. The minimum Gasteiger partial charge on any atom is -0.493 e. The van der Waals surface area contributed by atoms with Gasteiger partial charge in [0.15, 0.2) is 5.11 Å². The van der Waals surface area contributed by atoms with Gasteiger partial charge >= 0.3 is 0 Å². The minimum absolute atomic E-state index is 0.0851. The summed E-state index contributed by atoms with van der Waals surface area (Å²) in [6.07, 6.45) is 0.869. The number of thiocarbonyl (C=S) groups is 1. The molecular formula is C23H28BrN3O5S2. The number of sulfonamides is 1. The van der Waals surface area contributed by atoms with Gasteiger partial charge in [0.25, 0.3) is 5.91 Å². The van der Waals surface area contributed by atoms with Gasteiger partial charge in [-0.25, -0.2) is 8.42 Å². The van der Waals surface area contributed by atoms with Crippen molar-refractivity contribution in [3.8, 4) is 5.75 Å². The molecular weight excluding hydrogens is 542 g/mol. The van der Waals surface area contributed by atoms with Crippen LogP contribution in [0.2, 0.25) is 0 Å². The molecule has 1 aliphatic rings. The van der Waals surface area contributed by atoms with Crippen LogP contribution in [0.5, 0.6) is 5.75 Å². The van der Waals surface area contributed by atoms with E-state index in [1.165, 1.54) is 16.4 Å². The molecule has 184 valence electrons. The lowest BCUT2D eigenvalue weighted by molar-refractivity contribution is 0.0730. The van der Waals surface area contributed by atoms with Crippen LogP contribution in [-0.4, -0.2) is 56.7 Å². The van der Waals surface area contributed by atoms with Gasteiger partial charge in [0.2, 0.25) is 10.0 Å². The highest BCUT2D eigenvalue weighted by Crippen LogP contribution is 2.24. The van der Waals surface area contributed by atoms with Crippen molar-refractivity contribution in [2.75, 3.05) is 38.2 Å². The highest BCUT2D eigenvalue weighted by molar-refractivity contribution is 9.10. The quantitative estimate of drug-likeness (QED) is 0.463. The maximum absolute atomic E-state index is 12.8. The van der Waals surface area contributed by atoms with Crippen LogP contribution < -0.4 is 15.4 Å². The molecule has 2 N–H and O–H groups in total. The lowest BCUT2D eigenvalue weighted by Crippen LogP contribution is -2.40.